The molecule has 1 amide bonds. The van der Waals surface area contributed by atoms with E-state index in [0.717, 1.165) is 83.1 Å². The fraction of sp³-hybridized carbons (Fsp3) is 0.188. The van der Waals surface area contributed by atoms with E-state index in [1.807, 2.05) is 60.9 Å². The van der Waals surface area contributed by atoms with Crippen molar-refractivity contribution in [3.05, 3.63) is 96.4 Å². The quantitative estimate of drug-likeness (QED) is 0.249. The highest BCUT2D eigenvalue weighted by Gasteiger charge is 2.20. The Morgan fingerprint density at radius 2 is 1.75 bits per heavy atom. The molecule has 3 aromatic carbocycles. The van der Waals surface area contributed by atoms with Crippen LogP contribution >= 0.6 is 0 Å². The molecule has 8 heteroatoms. The molecular formula is C32H29N5O3. The number of amides is 1. The maximum absolute atomic E-state index is 13.1. The summed E-state index contributed by atoms with van der Waals surface area (Å²) in [5.41, 5.74) is 8.33. The van der Waals surface area contributed by atoms with Gasteiger partial charge in [-0.1, -0.05) is 12.1 Å². The van der Waals surface area contributed by atoms with Gasteiger partial charge in [-0.3, -0.25) is 9.78 Å². The Bertz CT molecular complexity index is 1690. The number of H-pyrrole nitrogens is 1. The summed E-state index contributed by atoms with van der Waals surface area (Å²) >= 11 is 0. The van der Waals surface area contributed by atoms with E-state index < -0.39 is 0 Å². The summed E-state index contributed by atoms with van der Waals surface area (Å²) in [5.74, 6) is 0.712. The monoisotopic (exact) mass is 531 g/mol. The number of carbonyl (C=O) groups excluding carboxylic acids is 1. The van der Waals surface area contributed by atoms with E-state index >= 15 is 0 Å². The lowest BCUT2D eigenvalue weighted by molar-refractivity contribution is 0.102. The highest BCUT2D eigenvalue weighted by molar-refractivity contribution is 6.13. The van der Waals surface area contributed by atoms with Gasteiger partial charge in [0.1, 0.15) is 5.75 Å². The zero-order valence-electron chi connectivity index (χ0n) is 21.9. The number of nitrogens with one attached hydrogen (secondary N) is 3. The molecule has 8 nitrogen and oxygen atoms in total. The number of rotatable bonds is 6. The number of pyridine rings is 1. The van der Waals surface area contributed by atoms with Crippen molar-refractivity contribution in [2.75, 3.05) is 48.4 Å². The molecule has 200 valence electrons. The van der Waals surface area contributed by atoms with Crippen LogP contribution in [0, 0.1) is 0 Å². The average molecular weight is 532 g/mol. The normalized spacial score (nSPS) is 14.6. The molecule has 7 rings (SSSR count). The third-order valence-electron chi connectivity index (χ3n) is 7.53. The maximum Gasteiger partial charge on any atom is 0.257 e. The Labute approximate surface area is 232 Å². The first-order chi connectivity index (χ1) is 19.7. The van der Waals surface area contributed by atoms with E-state index in [0.29, 0.717) is 12.2 Å². The molecule has 0 saturated carbocycles. The number of nitrogens with zero attached hydrogens (tertiary/aromatic N) is 2. The molecule has 5 aromatic rings. The van der Waals surface area contributed by atoms with Gasteiger partial charge in [0.05, 0.1) is 54.2 Å². The minimum Gasteiger partial charge on any atom is -0.493 e. The summed E-state index contributed by atoms with van der Waals surface area (Å²) in [6.07, 6.45) is 6.30. The molecule has 1 fully saturated rings. The lowest BCUT2D eigenvalue weighted by atomic mass is 10.0. The molecule has 0 spiro atoms. The zero-order chi connectivity index (χ0) is 26.9. The van der Waals surface area contributed by atoms with Gasteiger partial charge < -0.3 is 30.0 Å². The van der Waals surface area contributed by atoms with Gasteiger partial charge in [-0.2, -0.15) is 0 Å². The Hall–Kier alpha value is -4.82. The fourth-order valence-corrected chi connectivity index (χ4v) is 5.38. The number of ether oxygens (including phenoxy) is 2. The van der Waals surface area contributed by atoms with Crippen molar-refractivity contribution in [3.63, 3.8) is 0 Å². The number of carbonyl (C=O) groups is 1. The first-order valence-electron chi connectivity index (χ1n) is 13.5. The van der Waals surface area contributed by atoms with E-state index in [1.54, 1.807) is 6.20 Å². The van der Waals surface area contributed by atoms with E-state index in [2.05, 4.69) is 43.7 Å². The largest absolute Gasteiger partial charge is 0.493 e. The predicted molar refractivity (Wildman–Crippen MR) is 158 cm³/mol. The Morgan fingerprint density at radius 1 is 0.875 bits per heavy atom. The fourth-order valence-electron chi connectivity index (χ4n) is 5.38. The van der Waals surface area contributed by atoms with Gasteiger partial charge in [0.2, 0.25) is 0 Å². The number of benzene rings is 3. The van der Waals surface area contributed by atoms with Gasteiger partial charge in [0.25, 0.3) is 5.91 Å². The summed E-state index contributed by atoms with van der Waals surface area (Å²) < 4.78 is 11.5. The number of fused-ring (bicyclic) bond motifs is 3. The molecule has 2 aliphatic heterocycles. The van der Waals surface area contributed by atoms with Crippen LogP contribution in [0.5, 0.6) is 5.75 Å². The third-order valence-corrected chi connectivity index (χ3v) is 7.53. The molecule has 0 aliphatic carbocycles. The average Bonchev–Trinajstić information content (AvgIpc) is 3.37. The van der Waals surface area contributed by atoms with Crippen LogP contribution in [0.2, 0.25) is 0 Å². The summed E-state index contributed by atoms with van der Waals surface area (Å²) in [7, 11) is 0. The molecule has 2 aliphatic rings. The summed E-state index contributed by atoms with van der Waals surface area (Å²) in [6.45, 7) is 3.91. The second kappa shape index (κ2) is 10.4. The molecule has 4 heterocycles. The molecular weight excluding hydrogens is 502 g/mol. The van der Waals surface area contributed by atoms with Gasteiger partial charge in [0.15, 0.2) is 0 Å². The molecule has 40 heavy (non-hydrogen) atoms. The van der Waals surface area contributed by atoms with Gasteiger partial charge in [-0.05, 0) is 65.7 Å². The Morgan fingerprint density at radius 3 is 2.62 bits per heavy atom. The molecule has 3 N–H and O–H groups in total. The van der Waals surface area contributed by atoms with Crippen LogP contribution < -0.4 is 20.3 Å². The topological polar surface area (TPSA) is 91.5 Å². The number of aromatic nitrogens is 2. The van der Waals surface area contributed by atoms with Crippen molar-refractivity contribution in [1.29, 1.82) is 0 Å². The van der Waals surface area contributed by atoms with Crippen molar-refractivity contribution in [1.82, 2.24) is 9.97 Å². The number of hydrogen-bond acceptors (Lipinski definition) is 6. The van der Waals surface area contributed by atoms with Gasteiger partial charge in [-0.25, -0.2) is 0 Å². The SMILES string of the molecule is O=C1Nc2cc(CCOc3ccc(N4CCOCC4)cc3)ccc2Nc2cc(-c3c[nH]c4cnccc34)ccc21. The number of anilines is 4. The maximum atomic E-state index is 13.1. The minimum absolute atomic E-state index is 0.135. The van der Waals surface area contributed by atoms with Crippen LogP contribution in [0.15, 0.2) is 85.3 Å². The van der Waals surface area contributed by atoms with Crippen LogP contribution in [0.25, 0.3) is 22.0 Å². The van der Waals surface area contributed by atoms with E-state index in [-0.39, 0.29) is 5.91 Å². The highest BCUT2D eigenvalue weighted by Crippen LogP contribution is 2.37. The molecule has 0 radical (unpaired) electrons. The predicted octanol–water partition coefficient (Wildman–Crippen LogP) is 6.00. The lowest BCUT2D eigenvalue weighted by Gasteiger charge is -2.28. The molecule has 1 saturated heterocycles. The first kappa shape index (κ1) is 24.2. The van der Waals surface area contributed by atoms with Gasteiger partial charge >= 0.3 is 0 Å². The Kier molecular flexibility index (Phi) is 6.30. The third kappa shape index (κ3) is 4.74. The standard InChI is InChI=1S/C32H29N5O3/c38-32-26-7-2-22(27-19-34-31-20-33-11-9-25(27)31)18-29(26)35-28-8-1-21(17-30(28)36-32)10-14-40-24-5-3-23(4-6-24)37-12-15-39-16-13-37/h1-9,11,17-20,34-35H,10,12-16H2,(H,36,38). The van der Waals surface area contributed by atoms with Crippen molar-refractivity contribution < 1.29 is 14.3 Å². The van der Waals surface area contributed by atoms with Crippen LogP contribution in [-0.4, -0.2) is 48.8 Å². The van der Waals surface area contributed by atoms with Crippen LogP contribution in [0.4, 0.5) is 22.7 Å². The number of morpholine rings is 1. The summed E-state index contributed by atoms with van der Waals surface area (Å²) in [6, 6.07) is 22.2. The van der Waals surface area contributed by atoms with E-state index in [1.165, 1.54) is 5.69 Å². The van der Waals surface area contributed by atoms with E-state index in [9.17, 15) is 4.79 Å². The smallest absolute Gasteiger partial charge is 0.257 e. The van der Waals surface area contributed by atoms with Crippen LogP contribution in [0.3, 0.4) is 0 Å². The molecule has 0 unspecified atom stereocenters. The number of hydrogen-bond donors (Lipinski definition) is 3. The summed E-state index contributed by atoms with van der Waals surface area (Å²) in [4.78, 5) is 22.9. The Balaban J connectivity index is 1.04. The van der Waals surface area contributed by atoms with E-state index in [4.69, 9.17) is 9.47 Å². The van der Waals surface area contributed by atoms with Crippen molar-refractivity contribution in [3.8, 4) is 16.9 Å². The molecule has 0 atom stereocenters. The van der Waals surface area contributed by atoms with Crippen molar-refractivity contribution in [2.24, 2.45) is 0 Å². The molecule has 2 aromatic heterocycles. The zero-order valence-corrected chi connectivity index (χ0v) is 21.9. The summed E-state index contributed by atoms with van der Waals surface area (Å²) in [5, 5.41) is 7.65. The van der Waals surface area contributed by atoms with Crippen LogP contribution in [0.1, 0.15) is 15.9 Å². The highest BCUT2D eigenvalue weighted by atomic mass is 16.5. The van der Waals surface area contributed by atoms with Gasteiger partial charge in [0, 0.05) is 48.5 Å². The first-order valence-corrected chi connectivity index (χ1v) is 13.5. The van der Waals surface area contributed by atoms with Crippen molar-refractivity contribution >= 4 is 39.6 Å². The molecule has 0 bridgehead atoms. The second-order valence-corrected chi connectivity index (χ2v) is 10.0. The lowest BCUT2D eigenvalue weighted by Crippen LogP contribution is -2.36. The van der Waals surface area contributed by atoms with Gasteiger partial charge in [-0.15, -0.1) is 0 Å². The number of aromatic amines is 1. The van der Waals surface area contributed by atoms with Crippen LogP contribution in [-0.2, 0) is 11.2 Å². The second-order valence-electron chi connectivity index (χ2n) is 10.0. The van der Waals surface area contributed by atoms with Crippen molar-refractivity contribution in [2.45, 2.75) is 6.42 Å². The minimum atomic E-state index is -0.135.